The van der Waals surface area contributed by atoms with Gasteiger partial charge in [0.2, 0.25) is 0 Å². The van der Waals surface area contributed by atoms with Crippen LogP contribution in [0.1, 0.15) is 34.1 Å². The third-order valence-corrected chi connectivity index (χ3v) is 4.86. The van der Waals surface area contributed by atoms with Crippen molar-refractivity contribution in [3.8, 4) is 0 Å². The molecule has 0 aromatic heterocycles. The molecule has 0 spiro atoms. The molecule has 17 heavy (non-hydrogen) atoms. The van der Waals surface area contributed by atoms with Crippen LogP contribution in [0.25, 0.3) is 0 Å². The highest BCUT2D eigenvalue weighted by Crippen LogP contribution is 2.22. The van der Waals surface area contributed by atoms with Crippen molar-refractivity contribution in [2.75, 3.05) is 0 Å². The maximum atomic E-state index is 12.3. The van der Waals surface area contributed by atoms with E-state index in [0.29, 0.717) is 11.3 Å². The Balaban J connectivity index is 3.01. The van der Waals surface area contributed by atoms with Crippen molar-refractivity contribution in [1.29, 1.82) is 0 Å². The van der Waals surface area contributed by atoms with Gasteiger partial charge in [0, 0.05) is 4.91 Å². The molecule has 1 aliphatic carbocycles. The first-order chi connectivity index (χ1) is 7.84. The van der Waals surface area contributed by atoms with Crippen molar-refractivity contribution in [1.82, 2.24) is 0 Å². The Hall–Kier alpha value is -1.09. The van der Waals surface area contributed by atoms with Gasteiger partial charge in [0.25, 0.3) is 0 Å². The number of rotatable bonds is 3. The summed E-state index contributed by atoms with van der Waals surface area (Å²) in [4.78, 5) is 0.433. The molecule has 0 saturated carbocycles. The van der Waals surface area contributed by atoms with Crippen molar-refractivity contribution in [2.45, 2.75) is 39.4 Å². The summed E-state index contributed by atoms with van der Waals surface area (Å²) in [5.74, 6) is 0. The first-order valence-corrected chi connectivity index (χ1v) is 7.29. The third-order valence-electron chi connectivity index (χ3n) is 2.70. The van der Waals surface area contributed by atoms with Crippen LogP contribution in [0, 0.1) is 0 Å². The van der Waals surface area contributed by atoms with E-state index in [0.717, 1.165) is 11.1 Å². The molecule has 0 aromatic carbocycles. The molecule has 1 atom stereocenters. The molecule has 0 fully saturated rings. The molecule has 1 unspecified atom stereocenters. The zero-order chi connectivity index (χ0) is 13.1. The second-order valence-electron chi connectivity index (χ2n) is 4.65. The SMILES string of the molecule is CC(C)=C/C=C(\C)S(=O)(=O)C1C=C(C)C=CC1. The minimum absolute atomic E-state index is 0.408. The number of hydrogen-bond acceptors (Lipinski definition) is 2. The van der Waals surface area contributed by atoms with Gasteiger partial charge in [-0.05, 0) is 40.2 Å². The molecule has 1 aliphatic rings. The summed E-state index contributed by atoms with van der Waals surface area (Å²) in [7, 11) is -3.20. The molecular weight excluding hydrogens is 232 g/mol. The van der Waals surface area contributed by atoms with Gasteiger partial charge in [-0.3, -0.25) is 0 Å². The topological polar surface area (TPSA) is 34.1 Å². The van der Waals surface area contributed by atoms with Crippen LogP contribution in [0.4, 0.5) is 0 Å². The van der Waals surface area contributed by atoms with Crippen molar-refractivity contribution < 1.29 is 8.42 Å². The zero-order valence-electron chi connectivity index (χ0n) is 10.9. The standard InChI is InChI=1S/C14H20O2S/c1-11(2)8-9-13(4)17(15,16)14-7-5-6-12(3)10-14/h5-6,8-10,14H,7H2,1-4H3/b13-9+. The third kappa shape index (κ3) is 3.70. The van der Waals surface area contributed by atoms with E-state index < -0.39 is 15.1 Å². The minimum atomic E-state index is -3.20. The number of sulfone groups is 1. The highest BCUT2D eigenvalue weighted by atomic mass is 32.2. The summed E-state index contributed by atoms with van der Waals surface area (Å²) in [5, 5.41) is -0.408. The van der Waals surface area contributed by atoms with Crippen molar-refractivity contribution in [3.63, 3.8) is 0 Å². The van der Waals surface area contributed by atoms with Crippen molar-refractivity contribution in [3.05, 3.63) is 46.4 Å². The largest absolute Gasteiger partial charge is 0.223 e. The summed E-state index contributed by atoms with van der Waals surface area (Å²) in [6.45, 7) is 7.48. The fourth-order valence-electron chi connectivity index (χ4n) is 1.64. The second kappa shape index (κ2) is 5.50. The molecular formula is C14H20O2S. The van der Waals surface area contributed by atoms with E-state index in [4.69, 9.17) is 0 Å². The Morgan fingerprint density at radius 1 is 1.29 bits per heavy atom. The predicted octanol–water partition coefficient (Wildman–Crippen LogP) is 3.55. The molecule has 0 aliphatic heterocycles. The van der Waals surface area contributed by atoms with Crippen LogP contribution in [-0.2, 0) is 9.84 Å². The second-order valence-corrected chi connectivity index (χ2v) is 6.99. The summed E-state index contributed by atoms with van der Waals surface area (Å²) in [6.07, 6.45) is 9.80. The predicted molar refractivity (Wildman–Crippen MR) is 73.4 cm³/mol. The summed E-state index contributed by atoms with van der Waals surface area (Å²) >= 11 is 0. The van der Waals surface area contributed by atoms with Gasteiger partial charge in [-0.2, -0.15) is 0 Å². The van der Waals surface area contributed by atoms with Crippen LogP contribution < -0.4 is 0 Å². The van der Waals surface area contributed by atoms with Crippen LogP contribution in [0.2, 0.25) is 0 Å². The van der Waals surface area contributed by atoms with Crippen molar-refractivity contribution >= 4 is 9.84 Å². The summed E-state index contributed by atoms with van der Waals surface area (Å²) in [5.41, 5.74) is 2.11. The van der Waals surface area contributed by atoms with Crippen LogP contribution in [0.5, 0.6) is 0 Å². The van der Waals surface area contributed by atoms with E-state index in [1.165, 1.54) is 0 Å². The first kappa shape index (κ1) is 14.0. The highest BCUT2D eigenvalue weighted by molar-refractivity contribution is 7.96. The van der Waals surface area contributed by atoms with E-state index in [1.54, 1.807) is 13.0 Å². The van der Waals surface area contributed by atoms with Crippen LogP contribution in [-0.4, -0.2) is 13.7 Å². The lowest BCUT2D eigenvalue weighted by Gasteiger charge is -2.16. The average molecular weight is 252 g/mol. The monoisotopic (exact) mass is 252 g/mol. The zero-order valence-corrected chi connectivity index (χ0v) is 11.7. The summed E-state index contributed by atoms with van der Waals surface area (Å²) in [6, 6.07) is 0. The van der Waals surface area contributed by atoms with E-state index in [9.17, 15) is 8.42 Å². The Bertz CT molecular complexity index is 498. The normalized spacial score (nSPS) is 21.1. The minimum Gasteiger partial charge on any atom is -0.223 e. The van der Waals surface area contributed by atoms with Crippen molar-refractivity contribution in [2.24, 2.45) is 0 Å². The molecule has 1 rings (SSSR count). The Morgan fingerprint density at radius 2 is 1.94 bits per heavy atom. The lowest BCUT2D eigenvalue weighted by molar-refractivity contribution is 0.594. The maximum absolute atomic E-state index is 12.3. The van der Waals surface area contributed by atoms with Gasteiger partial charge in [-0.25, -0.2) is 8.42 Å². The molecule has 0 N–H and O–H groups in total. The van der Waals surface area contributed by atoms with Gasteiger partial charge >= 0.3 is 0 Å². The number of allylic oxidation sites excluding steroid dienone is 7. The van der Waals surface area contributed by atoms with Gasteiger partial charge in [0.15, 0.2) is 9.84 Å². The maximum Gasteiger partial charge on any atom is 0.181 e. The summed E-state index contributed by atoms with van der Waals surface area (Å²) < 4.78 is 24.5. The average Bonchev–Trinajstić information content (AvgIpc) is 2.25. The van der Waals surface area contributed by atoms with Crippen LogP contribution in [0.3, 0.4) is 0 Å². The molecule has 0 radical (unpaired) electrons. The Labute approximate surface area is 104 Å². The van der Waals surface area contributed by atoms with E-state index in [-0.39, 0.29) is 0 Å². The molecule has 3 heteroatoms. The smallest absolute Gasteiger partial charge is 0.181 e. The van der Waals surface area contributed by atoms with Gasteiger partial charge in [-0.1, -0.05) is 35.5 Å². The first-order valence-electron chi connectivity index (χ1n) is 5.74. The van der Waals surface area contributed by atoms with Crippen LogP contribution >= 0.6 is 0 Å². The van der Waals surface area contributed by atoms with Gasteiger partial charge in [0.1, 0.15) is 0 Å². The highest BCUT2D eigenvalue weighted by Gasteiger charge is 2.25. The van der Waals surface area contributed by atoms with Gasteiger partial charge in [-0.15, -0.1) is 0 Å². The van der Waals surface area contributed by atoms with E-state index >= 15 is 0 Å². The quantitative estimate of drug-likeness (QED) is 0.720. The number of hydrogen-bond donors (Lipinski definition) is 0. The fraction of sp³-hybridized carbons (Fsp3) is 0.429. The Kier molecular flexibility index (Phi) is 4.52. The molecule has 0 aromatic rings. The lowest BCUT2D eigenvalue weighted by Crippen LogP contribution is -2.20. The molecule has 0 bridgehead atoms. The van der Waals surface area contributed by atoms with E-state index in [2.05, 4.69) is 0 Å². The van der Waals surface area contributed by atoms with Gasteiger partial charge < -0.3 is 0 Å². The molecule has 2 nitrogen and oxygen atoms in total. The molecule has 0 amide bonds. The molecule has 94 valence electrons. The fourth-order valence-corrected chi connectivity index (χ4v) is 3.13. The van der Waals surface area contributed by atoms with Crippen LogP contribution in [0.15, 0.2) is 46.4 Å². The van der Waals surface area contributed by atoms with E-state index in [1.807, 2.05) is 45.1 Å². The lowest BCUT2D eigenvalue weighted by atomic mass is 10.1. The Morgan fingerprint density at radius 3 is 2.47 bits per heavy atom. The molecule has 0 heterocycles. The van der Waals surface area contributed by atoms with Gasteiger partial charge in [0.05, 0.1) is 5.25 Å². The molecule has 0 saturated heterocycles.